The van der Waals surface area contributed by atoms with Gasteiger partial charge in [0.15, 0.2) is 11.5 Å². The number of carbonyl (C=O) groups is 1. The quantitative estimate of drug-likeness (QED) is 0.290. The minimum Gasteiger partial charge on any atom is -0.489 e. The lowest BCUT2D eigenvalue weighted by Gasteiger charge is -2.36. The van der Waals surface area contributed by atoms with Crippen molar-refractivity contribution in [1.29, 1.82) is 0 Å². The fraction of sp³-hybridized carbons (Fsp3) is 0.441. The van der Waals surface area contributed by atoms with E-state index in [9.17, 15) is 4.79 Å². The Balaban J connectivity index is 0.899. The smallest absolute Gasteiger partial charge is 0.410 e. The van der Waals surface area contributed by atoms with E-state index in [1.54, 1.807) is 0 Å². The van der Waals surface area contributed by atoms with Crippen molar-refractivity contribution in [2.45, 2.75) is 50.9 Å². The summed E-state index contributed by atoms with van der Waals surface area (Å²) >= 11 is 0. The molecule has 0 unspecified atom stereocenters. The van der Waals surface area contributed by atoms with Crippen molar-refractivity contribution in [1.82, 2.24) is 9.80 Å². The maximum absolute atomic E-state index is 12.3. The molecule has 3 aromatic rings. The van der Waals surface area contributed by atoms with E-state index in [-0.39, 0.29) is 18.2 Å². The average Bonchev–Trinajstić information content (AvgIpc) is 3.36. The first kappa shape index (κ1) is 27.5. The molecule has 0 saturated carbocycles. The van der Waals surface area contributed by atoms with E-state index in [4.69, 9.17) is 18.9 Å². The number of piperidine rings is 1. The van der Waals surface area contributed by atoms with E-state index in [1.807, 2.05) is 47.4 Å². The van der Waals surface area contributed by atoms with Crippen molar-refractivity contribution >= 4 is 6.09 Å². The summed E-state index contributed by atoms with van der Waals surface area (Å²) in [4.78, 5) is 16.8. The summed E-state index contributed by atoms with van der Waals surface area (Å²) in [6.07, 6.45) is 5.27. The Bertz CT molecular complexity index is 1260. The van der Waals surface area contributed by atoms with Crippen molar-refractivity contribution in [3.05, 3.63) is 90.0 Å². The van der Waals surface area contributed by atoms with Crippen molar-refractivity contribution in [3.63, 3.8) is 0 Å². The standard InChI is InChI=1S/C34H40N2O5/c37-34-36(29(24-40-34)20-27-8-3-1-4-9-27)17-7-12-26-15-18-35(19-16-26)22-31-25-39-33-21-30(13-14-32(33)41-31)38-23-28-10-5-2-6-11-28/h1-6,8-11,13-14,21,26,29,31H,7,12,15-20,22-25H2/t29-,31-/m0/s1. The summed E-state index contributed by atoms with van der Waals surface area (Å²) in [6, 6.07) is 26.5. The first-order valence-corrected chi connectivity index (χ1v) is 15.0. The highest BCUT2D eigenvalue weighted by molar-refractivity contribution is 5.70. The van der Waals surface area contributed by atoms with Gasteiger partial charge in [-0.05, 0) is 74.4 Å². The summed E-state index contributed by atoms with van der Waals surface area (Å²) in [6.45, 7) is 5.37. The van der Waals surface area contributed by atoms with Crippen LogP contribution in [0.1, 0.15) is 36.8 Å². The Morgan fingerprint density at radius 2 is 1.59 bits per heavy atom. The lowest BCUT2D eigenvalue weighted by molar-refractivity contribution is 0.0467. The van der Waals surface area contributed by atoms with Crippen LogP contribution in [-0.2, 0) is 17.8 Å². The van der Waals surface area contributed by atoms with E-state index in [1.165, 1.54) is 18.4 Å². The number of carbonyl (C=O) groups excluding carboxylic acids is 1. The lowest BCUT2D eigenvalue weighted by atomic mass is 9.92. The highest BCUT2D eigenvalue weighted by Gasteiger charge is 2.33. The van der Waals surface area contributed by atoms with Gasteiger partial charge in [0.25, 0.3) is 0 Å². The number of nitrogens with zero attached hydrogens (tertiary/aromatic N) is 2. The number of amides is 1. The number of hydrogen-bond acceptors (Lipinski definition) is 6. The van der Waals surface area contributed by atoms with Gasteiger partial charge in [0.1, 0.15) is 31.7 Å². The minimum absolute atomic E-state index is 0.0258. The summed E-state index contributed by atoms with van der Waals surface area (Å²) in [7, 11) is 0. The van der Waals surface area contributed by atoms with Gasteiger partial charge >= 0.3 is 6.09 Å². The molecule has 0 spiro atoms. The fourth-order valence-electron chi connectivity index (χ4n) is 6.13. The van der Waals surface area contributed by atoms with Gasteiger partial charge in [0, 0.05) is 19.2 Å². The van der Waals surface area contributed by atoms with E-state index < -0.39 is 0 Å². The molecule has 41 heavy (non-hydrogen) atoms. The van der Waals surface area contributed by atoms with Crippen molar-refractivity contribution in [3.8, 4) is 17.2 Å². The van der Waals surface area contributed by atoms with Crippen LogP contribution in [0.2, 0.25) is 0 Å². The van der Waals surface area contributed by atoms with Crippen LogP contribution in [0.25, 0.3) is 0 Å². The molecule has 216 valence electrons. The number of ether oxygens (including phenoxy) is 4. The molecule has 2 saturated heterocycles. The molecule has 0 aromatic heterocycles. The van der Waals surface area contributed by atoms with Crippen LogP contribution >= 0.6 is 0 Å². The third-order valence-corrected chi connectivity index (χ3v) is 8.45. The molecule has 0 aliphatic carbocycles. The molecule has 7 heteroatoms. The topological polar surface area (TPSA) is 60.5 Å². The predicted molar refractivity (Wildman–Crippen MR) is 158 cm³/mol. The van der Waals surface area contributed by atoms with E-state index in [0.717, 1.165) is 68.3 Å². The molecule has 1 amide bonds. The molecule has 6 rings (SSSR count). The second-order valence-electron chi connectivity index (χ2n) is 11.4. The molecule has 0 bridgehead atoms. The molecular formula is C34H40N2O5. The number of cyclic esters (lactones) is 1. The van der Waals surface area contributed by atoms with Gasteiger partial charge in [-0.1, -0.05) is 60.7 Å². The predicted octanol–water partition coefficient (Wildman–Crippen LogP) is 5.96. The lowest BCUT2D eigenvalue weighted by Crippen LogP contribution is -2.44. The summed E-state index contributed by atoms with van der Waals surface area (Å²) < 4.78 is 23.7. The van der Waals surface area contributed by atoms with Crippen LogP contribution in [0.15, 0.2) is 78.9 Å². The van der Waals surface area contributed by atoms with E-state index in [0.29, 0.717) is 25.7 Å². The van der Waals surface area contributed by atoms with E-state index in [2.05, 4.69) is 41.3 Å². The van der Waals surface area contributed by atoms with E-state index >= 15 is 0 Å². The number of fused-ring (bicyclic) bond motifs is 1. The number of benzene rings is 3. The number of rotatable bonds is 11. The third-order valence-electron chi connectivity index (χ3n) is 8.45. The van der Waals surface area contributed by atoms with Crippen molar-refractivity contribution in [2.75, 3.05) is 39.4 Å². The van der Waals surface area contributed by atoms with Crippen LogP contribution in [-0.4, -0.2) is 67.4 Å². The zero-order valence-corrected chi connectivity index (χ0v) is 23.7. The number of likely N-dealkylation sites (tertiary alicyclic amines) is 1. The summed E-state index contributed by atoms with van der Waals surface area (Å²) in [5.41, 5.74) is 2.39. The van der Waals surface area contributed by atoms with Crippen LogP contribution < -0.4 is 14.2 Å². The maximum atomic E-state index is 12.3. The van der Waals surface area contributed by atoms with Gasteiger partial charge in [0.05, 0.1) is 6.04 Å². The molecular weight excluding hydrogens is 516 g/mol. The van der Waals surface area contributed by atoms with Gasteiger partial charge < -0.3 is 23.8 Å². The first-order valence-electron chi connectivity index (χ1n) is 15.0. The zero-order chi connectivity index (χ0) is 27.9. The SMILES string of the molecule is O=C1OC[C@H](Cc2ccccc2)N1CCCC1CCN(C[C@H]2COc3cc(OCc4ccccc4)ccc3O2)CC1. The van der Waals surface area contributed by atoms with Crippen LogP contribution in [0, 0.1) is 5.92 Å². The first-order chi connectivity index (χ1) is 20.2. The highest BCUT2D eigenvalue weighted by atomic mass is 16.6. The monoisotopic (exact) mass is 556 g/mol. The average molecular weight is 557 g/mol. The highest BCUT2D eigenvalue weighted by Crippen LogP contribution is 2.36. The van der Waals surface area contributed by atoms with Gasteiger partial charge in [-0.2, -0.15) is 0 Å². The van der Waals surface area contributed by atoms with Crippen molar-refractivity contribution < 1.29 is 23.7 Å². The molecule has 3 aliphatic heterocycles. The Morgan fingerprint density at radius 3 is 2.37 bits per heavy atom. The van der Waals surface area contributed by atoms with Crippen LogP contribution in [0.5, 0.6) is 17.2 Å². The molecule has 3 heterocycles. The fourth-order valence-corrected chi connectivity index (χ4v) is 6.13. The van der Waals surface area contributed by atoms with Crippen LogP contribution in [0.3, 0.4) is 0 Å². The summed E-state index contributed by atoms with van der Waals surface area (Å²) in [5.74, 6) is 3.02. The number of hydrogen-bond donors (Lipinski definition) is 0. The van der Waals surface area contributed by atoms with Crippen molar-refractivity contribution in [2.24, 2.45) is 5.92 Å². The van der Waals surface area contributed by atoms with Gasteiger partial charge in [0.2, 0.25) is 0 Å². The Labute approximate surface area is 243 Å². The Hall–Kier alpha value is -3.71. The third kappa shape index (κ3) is 7.33. The molecule has 7 nitrogen and oxygen atoms in total. The Morgan fingerprint density at radius 1 is 0.829 bits per heavy atom. The molecule has 3 aromatic carbocycles. The maximum Gasteiger partial charge on any atom is 0.410 e. The molecule has 0 N–H and O–H groups in total. The largest absolute Gasteiger partial charge is 0.489 e. The molecule has 2 atom stereocenters. The second-order valence-corrected chi connectivity index (χ2v) is 11.4. The Kier molecular flexibility index (Phi) is 8.91. The minimum atomic E-state index is -0.159. The summed E-state index contributed by atoms with van der Waals surface area (Å²) in [5, 5.41) is 0. The molecule has 2 fully saturated rings. The van der Waals surface area contributed by atoms with Gasteiger partial charge in [-0.25, -0.2) is 4.79 Å². The van der Waals surface area contributed by atoms with Gasteiger partial charge in [-0.15, -0.1) is 0 Å². The second kappa shape index (κ2) is 13.3. The normalized spacial score (nSPS) is 21.1. The molecule has 0 radical (unpaired) electrons. The zero-order valence-electron chi connectivity index (χ0n) is 23.7. The van der Waals surface area contributed by atoms with Gasteiger partial charge in [-0.3, -0.25) is 4.90 Å². The van der Waals surface area contributed by atoms with Crippen LogP contribution in [0.4, 0.5) is 4.79 Å². The molecule has 3 aliphatic rings.